The lowest BCUT2D eigenvalue weighted by atomic mass is 9.95. The first kappa shape index (κ1) is 13.9. The predicted molar refractivity (Wildman–Crippen MR) is 75.4 cm³/mol. The molecule has 3 rings (SSSR count). The summed E-state index contributed by atoms with van der Waals surface area (Å²) in [6.45, 7) is -0.347. The number of fused-ring (bicyclic) bond motifs is 1. The fourth-order valence-corrected chi connectivity index (χ4v) is 2.89. The molecule has 1 fully saturated rings. The van der Waals surface area contributed by atoms with Crippen molar-refractivity contribution in [3.05, 3.63) is 33.2 Å². The van der Waals surface area contributed by atoms with Crippen LogP contribution >= 0.6 is 0 Å². The van der Waals surface area contributed by atoms with E-state index < -0.39 is 17.4 Å². The van der Waals surface area contributed by atoms with Gasteiger partial charge in [-0.05, 0) is 50.2 Å². The predicted octanol–water partition coefficient (Wildman–Crippen LogP) is 0.943. The number of aryl methyl sites for hydroxylation is 2. The van der Waals surface area contributed by atoms with Crippen molar-refractivity contribution >= 4 is 11.9 Å². The number of carboxylic acids is 1. The van der Waals surface area contributed by atoms with Crippen molar-refractivity contribution in [2.75, 3.05) is 6.54 Å². The minimum atomic E-state index is -1.05. The molecule has 0 spiro atoms. The first-order valence-electron chi connectivity index (χ1n) is 7.34. The second-order valence-corrected chi connectivity index (χ2v) is 5.78. The Morgan fingerprint density at radius 2 is 2.00 bits per heavy atom. The third-order valence-corrected chi connectivity index (χ3v) is 4.12. The third kappa shape index (κ3) is 2.84. The zero-order valence-electron chi connectivity index (χ0n) is 11.7. The van der Waals surface area contributed by atoms with Gasteiger partial charge in [0, 0.05) is 11.7 Å². The summed E-state index contributed by atoms with van der Waals surface area (Å²) >= 11 is 0. The van der Waals surface area contributed by atoms with E-state index in [0.29, 0.717) is 0 Å². The number of pyridine rings is 1. The van der Waals surface area contributed by atoms with E-state index in [2.05, 4.69) is 4.98 Å². The monoisotopic (exact) mass is 290 g/mol. The van der Waals surface area contributed by atoms with E-state index in [9.17, 15) is 14.4 Å². The van der Waals surface area contributed by atoms with Crippen LogP contribution in [0.15, 0.2) is 10.9 Å². The molecule has 0 aliphatic heterocycles. The van der Waals surface area contributed by atoms with Crippen molar-refractivity contribution < 1.29 is 14.7 Å². The average Bonchev–Trinajstić information content (AvgIpc) is 3.27. The highest BCUT2D eigenvalue weighted by atomic mass is 16.4. The number of carboxylic acid groups (broad SMARTS) is 1. The molecule has 2 N–H and O–H groups in total. The normalized spacial score (nSPS) is 17.1. The molecule has 0 unspecified atom stereocenters. The molecule has 6 nitrogen and oxygen atoms in total. The van der Waals surface area contributed by atoms with Crippen LogP contribution in [0.4, 0.5) is 0 Å². The number of H-pyrrole nitrogens is 1. The second-order valence-electron chi connectivity index (χ2n) is 5.78. The number of hydrogen-bond acceptors (Lipinski definition) is 3. The molecule has 2 aliphatic carbocycles. The lowest BCUT2D eigenvalue weighted by Gasteiger charge is -2.21. The smallest absolute Gasteiger partial charge is 0.323 e. The van der Waals surface area contributed by atoms with E-state index in [4.69, 9.17) is 5.11 Å². The molecule has 6 heteroatoms. The highest BCUT2D eigenvalue weighted by Crippen LogP contribution is 2.28. The average molecular weight is 290 g/mol. The Kier molecular flexibility index (Phi) is 3.53. The van der Waals surface area contributed by atoms with Gasteiger partial charge in [-0.2, -0.15) is 0 Å². The summed E-state index contributed by atoms with van der Waals surface area (Å²) in [6.07, 6.45) is 5.40. The van der Waals surface area contributed by atoms with Crippen LogP contribution in [0.2, 0.25) is 0 Å². The first-order chi connectivity index (χ1) is 10.1. The van der Waals surface area contributed by atoms with Crippen LogP contribution in [-0.4, -0.2) is 39.5 Å². The summed E-state index contributed by atoms with van der Waals surface area (Å²) in [4.78, 5) is 39.6. The highest BCUT2D eigenvalue weighted by molar-refractivity contribution is 5.96. The molecule has 1 amide bonds. The standard InChI is InChI=1S/C15H18N2O4/c18-13(19)8-17(10-5-6-10)15(21)11-7-9-3-1-2-4-12(9)16-14(11)20/h7,10H,1-6,8H2,(H,16,20)(H,18,19). The summed E-state index contributed by atoms with van der Waals surface area (Å²) in [6, 6.07) is 1.62. The maximum Gasteiger partial charge on any atom is 0.323 e. The fraction of sp³-hybridized carbons (Fsp3) is 0.533. The van der Waals surface area contributed by atoms with Gasteiger partial charge in [0.25, 0.3) is 11.5 Å². The van der Waals surface area contributed by atoms with Crippen LogP contribution in [0, 0.1) is 0 Å². The van der Waals surface area contributed by atoms with Crippen molar-refractivity contribution in [2.45, 2.75) is 44.6 Å². The molecule has 2 aliphatic rings. The number of carbonyl (C=O) groups excluding carboxylic acids is 1. The number of nitrogens with one attached hydrogen (secondary N) is 1. The van der Waals surface area contributed by atoms with Crippen LogP contribution < -0.4 is 5.56 Å². The van der Waals surface area contributed by atoms with Gasteiger partial charge in [0.1, 0.15) is 12.1 Å². The van der Waals surface area contributed by atoms with Gasteiger partial charge in [-0.25, -0.2) is 0 Å². The van der Waals surface area contributed by atoms with E-state index >= 15 is 0 Å². The van der Waals surface area contributed by atoms with Crippen LogP contribution in [0.3, 0.4) is 0 Å². The quantitative estimate of drug-likeness (QED) is 0.863. The molecule has 112 valence electrons. The number of aromatic nitrogens is 1. The van der Waals surface area contributed by atoms with Crippen molar-refractivity contribution in [2.24, 2.45) is 0 Å². The van der Waals surface area contributed by atoms with Gasteiger partial charge >= 0.3 is 5.97 Å². The Labute approximate surface area is 121 Å². The van der Waals surface area contributed by atoms with Crippen LogP contribution in [0.5, 0.6) is 0 Å². The van der Waals surface area contributed by atoms with Crippen molar-refractivity contribution in [3.63, 3.8) is 0 Å². The SMILES string of the molecule is O=C(O)CN(C(=O)c1cc2c([nH]c1=O)CCCC2)C1CC1. The molecule has 0 atom stereocenters. The molecule has 1 saturated carbocycles. The topological polar surface area (TPSA) is 90.5 Å². The minimum Gasteiger partial charge on any atom is -0.480 e. The van der Waals surface area contributed by atoms with Gasteiger partial charge in [-0.15, -0.1) is 0 Å². The fourth-order valence-electron chi connectivity index (χ4n) is 2.89. The molecule has 1 heterocycles. The van der Waals surface area contributed by atoms with Crippen molar-refractivity contribution in [1.29, 1.82) is 0 Å². The molecule has 0 aromatic carbocycles. The van der Waals surface area contributed by atoms with Gasteiger partial charge in [0.2, 0.25) is 0 Å². The highest BCUT2D eigenvalue weighted by Gasteiger charge is 2.35. The van der Waals surface area contributed by atoms with Gasteiger partial charge in [0.05, 0.1) is 0 Å². The summed E-state index contributed by atoms with van der Waals surface area (Å²) in [5, 5.41) is 8.94. The molecule has 1 aromatic rings. The third-order valence-electron chi connectivity index (χ3n) is 4.12. The summed E-state index contributed by atoms with van der Waals surface area (Å²) in [5.41, 5.74) is 1.59. The lowest BCUT2D eigenvalue weighted by Crippen LogP contribution is -2.40. The van der Waals surface area contributed by atoms with Crippen molar-refractivity contribution in [3.8, 4) is 0 Å². The number of hydrogen-bond donors (Lipinski definition) is 2. The Morgan fingerprint density at radius 3 is 2.67 bits per heavy atom. The number of carbonyl (C=O) groups is 2. The van der Waals surface area contributed by atoms with Crippen LogP contribution in [0.1, 0.15) is 47.3 Å². The van der Waals surface area contributed by atoms with Crippen molar-refractivity contribution in [1.82, 2.24) is 9.88 Å². The summed E-state index contributed by atoms with van der Waals surface area (Å²) in [7, 11) is 0. The number of amides is 1. The maximum atomic E-state index is 12.5. The number of rotatable bonds is 4. The molecule has 0 saturated heterocycles. The van der Waals surface area contributed by atoms with E-state index in [1.54, 1.807) is 6.07 Å². The van der Waals surface area contributed by atoms with E-state index in [1.807, 2.05) is 0 Å². The lowest BCUT2D eigenvalue weighted by molar-refractivity contribution is -0.137. The molecular formula is C15H18N2O4. The van der Waals surface area contributed by atoms with Gasteiger partial charge in [0.15, 0.2) is 0 Å². The molecule has 21 heavy (non-hydrogen) atoms. The molecule has 0 radical (unpaired) electrons. The maximum absolute atomic E-state index is 12.5. The molecule has 1 aromatic heterocycles. The zero-order chi connectivity index (χ0) is 15.0. The summed E-state index contributed by atoms with van der Waals surface area (Å²) < 4.78 is 0. The Bertz CT molecular complexity index is 646. The Balaban J connectivity index is 1.93. The first-order valence-corrected chi connectivity index (χ1v) is 7.34. The second kappa shape index (κ2) is 5.35. The summed E-state index contributed by atoms with van der Waals surface area (Å²) in [5.74, 6) is -1.51. The number of aliphatic carboxylic acids is 1. The van der Waals surface area contributed by atoms with Crippen LogP contribution in [0.25, 0.3) is 0 Å². The van der Waals surface area contributed by atoms with Gasteiger partial charge in [-0.3, -0.25) is 14.4 Å². The number of nitrogens with zero attached hydrogens (tertiary/aromatic N) is 1. The molecular weight excluding hydrogens is 272 g/mol. The number of aromatic amines is 1. The van der Waals surface area contributed by atoms with E-state index in [1.165, 1.54) is 4.90 Å². The minimum absolute atomic E-state index is 0.0379. The Hall–Kier alpha value is -2.11. The Morgan fingerprint density at radius 1 is 1.29 bits per heavy atom. The molecule has 0 bridgehead atoms. The van der Waals surface area contributed by atoms with Gasteiger partial charge < -0.3 is 15.0 Å². The largest absolute Gasteiger partial charge is 0.480 e. The zero-order valence-corrected chi connectivity index (χ0v) is 11.7. The van der Waals surface area contributed by atoms with E-state index in [-0.39, 0.29) is 18.2 Å². The van der Waals surface area contributed by atoms with Crippen LogP contribution in [-0.2, 0) is 17.6 Å². The van der Waals surface area contributed by atoms with E-state index in [0.717, 1.165) is 49.8 Å². The van der Waals surface area contributed by atoms with Gasteiger partial charge in [-0.1, -0.05) is 0 Å².